The van der Waals surface area contributed by atoms with E-state index in [-0.39, 0.29) is 146 Å². The Morgan fingerprint density at radius 3 is 1.39 bits per heavy atom. The highest BCUT2D eigenvalue weighted by Gasteiger charge is 2.57. The lowest BCUT2D eigenvalue weighted by Gasteiger charge is -2.48. The van der Waals surface area contributed by atoms with Crippen LogP contribution in [0.25, 0.3) is 0 Å². The van der Waals surface area contributed by atoms with E-state index in [4.69, 9.17) is 37.9 Å². The lowest BCUT2D eigenvalue weighted by molar-refractivity contribution is -0.285. The molecule has 1 aromatic rings. The van der Waals surface area contributed by atoms with Gasteiger partial charge in [-0.25, -0.2) is 14.4 Å². The number of alkyl carbamates (subject to hydrolysis) is 2. The number of rotatable bonds is 16. The summed E-state index contributed by atoms with van der Waals surface area (Å²) in [6.45, 7) is 28.9. The number of hydrogen-bond donors (Lipinski definition) is 8. The molecule has 0 aromatic heterocycles. The number of Topliss-reactive ketones (excluding diaryl/α,β-unsaturated/α-hetero) is 4. The third-order valence-electron chi connectivity index (χ3n) is 29.1. The number of allylic oxidation sites excluding steroid dienone is 6. The standard InChI is InChI=1S/C98H152N4O23.4H2O/c1-55-24-25-59(5)86-61(7)45-65(11)97(116,124-86)90(109)69(15)101-36-20-18-22-76(101)93(112)122-88(63(9)47-72-30-32-78(103)84(49-72)118-16)67(13)80(105)51-82(107)74(43-57(3)40-55)34-38-120-95(114)99-53-70-26-28-71(29-27-70)54-100-96(115)121-39-35-75-44-58(4)41-56(2)42-60(6)87-62(8)46-66(12)98(117,125-87)91(110)92(111)102-37-21-19-23-77(102)94(113)123-89(68(14)81(106)52-83(75)108)64(10)48-73-31-33-79(104)85(50-73)119-17;;;;/h26-29,43-44,47-48,55-56,59-62,65-69,72-81,84-89,103-106,116-117H,18-25,30-42,45-46,49-54H2,1-17H3,(H,99,114)(H,100,115);4*1H2/b57-43+,58-44+,63-47+,64-48+;;;;/t55-,56+,59?,60?,61?,62?,65-,66-,67-,68-,69?,72?,73?,74-,75-,76?,77?,78?,79?,80?,81?,84?,85?,86?,87?,88?,89?,97?,98?;;;;/m1..../s1. The van der Waals surface area contributed by atoms with Gasteiger partial charge >= 0.3 is 24.1 Å². The number of cyclic esters (lactones) is 2. The number of methoxy groups -OCH3 is 2. The fourth-order valence-corrected chi connectivity index (χ4v) is 21.5. The minimum atomic E-state index is -2.46. The van der Waals surface area contributed by atoms with Crippen LogP contribution in [0.5, 0.6) is 0 Å². The summed E-state index contributed by atoms with van der Waals surface area (Å²) in [5.74, 6) is -14.1. The second-order valence-corrected chi connectivity index (χ2v) is 39.5. The molecule has 1 aromatic carbocycles. The predicted octanol–water partition coefficient (Wildman–Crippen LogP) is 9.51. The minimum Gasteiger partial charge on any atom is -0.456 e. The number of hydrogen-bond acceptors (Lipinski definition) is 24. The molecule has 2 aliphatic carbocycles. The molecule has 734 valence electrons. The van der Waals surface area contributed by atoms with Crippen LogP contribution in [0, 0.1) is 82.9 Å². The van der Waals surface area contributed by atoms with Crippen LogP contribution in [0.3, 0.4) is 0 Å². The SMILES string of the molecule is COC1CC(/C=C(\C)C2OC(=O)C3CCCCN3C(=O)C(=O)C3(O)OC(C(C)C[C@@H](C)C/C(C)=C/[C@@H](CCOC(=O)NCc4ccc(CNC(=O)OCC[C@@H]5/C=C(\C)C[C@H](C)CCC(C)C6OC(O)(C(=O)C(C)N7CCCCC7C(=O)OC(/C(C)=C/C7CCC(O)C(OC)C7)[C@H](C)C(O)CC5=O)[C@H](C)CC6C)cc4)C(=O)CC(O)[C@H]2C)C(C)C[C@H]3C)CCC1O.O.O.O.O. The number of ether oxygens (including phenoxy) is 8. The number of benzene rings is 1. The van der Waals surface area contributed by atoms with E-state index in [1.807, 2.05) is 70.7 Å². The van der Waals surface area contributed by atoms with Crippen molar-refractivity contribution in [3.05, 3.63) is 82.0 Å². The Labute approximate surface area is 764 Å². The van der Waals surface area contributed by atoms with Gasteiger partial charge in [0.05, 0.1) is 68.1 Å². The first-order chi connectivity index (χ1) is 59.1. The Bertz CT molecular complexity index is 3930. The Morgan fingerprint density at radius 1 is 0.496 bits per heavy atom. The third kappa shape index (κ3) is 29.9. The molecule has 6 fully saturated rings. The van der Waals surface area contributed by atoms with Gasteiger partial charge in [0.25, 0.3) is 11.7 Å². The Kier molecular flexibility index (Phi) is 45.1. The van der Waals surface area contributed by atoms with Gasteiger partial charge in [0.2, 0.25) is 17.4 Å². The summed E-state index contributed by atoms with van der Waals surface area (Å²) in [7, 11) is 3.10. The average Bonchev–Trinajstić information content (AvgIpc) is 0.770. The topological polar surface area (TPSA) is 505 Å². The zero-order chi connectivity index (χ0) is 91.6. The van der Waals surface area contributed by atoms with Crippen molar-refractivity contribution >= 4 is 53.2 Å². The molecule has 4 saturated heterocycles. The molecule has 0 radical (unpaired) electrons. The summed E-state index contributed by atoms with van der Waals surface area (Å²) in [4.78, 5) is 133. The second-order valence-electron chi connectivity index (χ2n) is 39.5. The summed E-state index contributed by atoms with van der Waals surface area (Å²) >= 11 is 0. The van der Waals surface area contributed by atoms with Gasteiger partial charge in [0.1, 0.15) is 35.9 Å². The van der Waals surface area contributed by atoms with Crippen LogP contribution in [0.1, 0.15) is 263 Å². The molecule has 16 N–H and O–H groups in total. The van der Waals surface area contributed by atoms with Crippen LogP contribution in [0.15, 0.2) is 70.9 Å². The third-order valence-corrected chi connectivity index (χ3v) is 29.1. The summed E-state index contributed by atoms with van der Waals surface area (Å²) < 4.78 is 48.8. The van der Waals surface area contributed by atoms with Gasteiger partial charge in [-0.3, -0.25) is 33.7 Å². The molecule has 29 atom stereocenters. The number of piperidine rings is 2. The van der Waals surface area contributed by atoms with Crippen molar-refractivity contribution in [2.45, 2.75) is 355 Å². The van der Waals surface area contributed by atoms with Gasteiger partial charge in [-0.1, -0.05) is 142 Å². The summed E-state index contributed by atoms with van der Waals surface area (Å²) in [6, 6.07) is 4.18. The van der Waals surface area contributed by atoms with E-state index in [9.17, 15) is 73.8 Å². The van der Waals surface area contributed by atoms with Crippen LogP contribution in [-0.4, -0.2) is 247 Å². The normalized spacial score (nSPS) is 38.0. The fraction of sp³-hybridized carbons (Fsp3) is 0.765. The van der Waals surface area contributed by atoms with Crippen molar-refractivity contribution in [2.75, 3.05) is 40.5 Å². The largest absolute Gasteiger partial charge is 0.456 e. The van der Waals surface area contributed by atoms with E-state index in [1.165, 1.54) is 12.0 Å². The number of nitrogens with one attached hydrogen (secondary N) is 2. The number of esters is 2. The number of aliphatic hydroxyl groups is 6. The molecule has 6 aliphatic heterocycles. The average molecular weight is 1830 g/mol. The highest BCUT2D eigenvalue weighted by molar-refractivity contribution is 6.39. The molecule has 4 bridgehead atoms. The first kappa shape index (κ1) is 113. The molecule has 9 rings (SSSR count). The first-order valence-corrected chi connectivity index (χ1v) is 46.9. The summed E-state index contributed by atoms with van der Waals surface area (Å²) in [6.07, 6.45) is 8.28. The maximum Gasteiger partial charge on any atom is 0.407 e. The number of ketones is 4. The van der Waals surface area contributed by atoms with E-state index in [0.29, 0.717) is 132 Å². The van der Waals surface area contributed by atoms with Crippen LogP contribution >= 0.6 is 0 Å². The van der Waals surface area contributed by atoms with Crippen molar-refractivity contribution in [2.24, 2.45) is 82.9 Å². The van der Waals surface area contributed by atoms with Crippen molar-refractivity contribution in [3.8, 4) is 0 Å². The van der Waals surface area contributed by atoms with Crippen molar-refractivity contribution in [3.63, 3.8) is 0 Å². The molecule has 8 aliphatic rings. The lowest BCUT2D eigenvalue weighted by atomic mass is 9.76. The van der Waals surface area contributed by atoms with Crippen LogP contribution in [0.2, 0.25) is 0 Å². The summed E-state index contributed by atoms with van der Waals surface area (Å²) in [5, 5.41) is 76.2. The van der Waals surface area contributed by atoms with Crippen molar-refractivity contribution < 1.29 is 134 Å². The molecule has 6 heterocycles. The number of nitrogens with zero attached hydrogens (tertiary/aromatic N) is 2. The van der Waals surface area contributed by atoms with Gasteiger partial charge in [0.15, 0.2) is 0 Å². The fourth-order valence-electron chi connectivity index (χ4n) is 21.5. The van der Waals surface area contributed by atoms with E-state index < -0.39 is 168 Å². The molecule has 129 heavy (non-hydrogen) atoms. The molecular formula is C98H160N4O27. The summed E-state index contributed by atoms with van der Waals surface area (Å²) in [5.41, 5.74) is 4.46. The van der Waals surface area contributed by atoms with Crippen molar-refractivity contribution in [1.29, 1.82) is 0 Å². The maximum atomic E-state index is 14.9. The van der Waals surface area contributed by atoms with Gasteiger partial charge in [0, 0.05) is 82.2 Å². The predicted molar refractivity (Wildman–Crippen MR) is 485 cm³/mol. The number of carbonyl (C=O) groups is 9. The van der Waals surface area contributed by atoms with Crippen LogP contribution < -0.4 is 10.6 Å². The molecule has 0 spiro atoms. The maximum absolute atomic E-state index is 14.9. The van der Waals surface area contributed by atoms with Gasteiger partial charge in [-0.2, -0.15) is 0 Å². The Morgan fingerprint density at radius 2 is 0.915 bits per heavy atom. The van der Waals surface area contributed by atoms with E-state index in [1.54, 1.807) is 66.0 Å². The zero-order valence-electron chi connectivity index (χ0n) is 79.7. The van der Waals surface area contributed by atoms with Crippen molar-refractivity contribution in [1.82, 2.24) is 20.4 Å². The molecule has 31 heteroatoms. The van der Waals surface area contributed by atoms with Gasteiger partial charge in [-0.15, -0.1) is 0 Å². The number of amides is 3. The quantitative estimate of drug-likeness (QED) is 0.0330. The number of aliphatic hydroxyl groups excluding tert-OH is 4. The van der Waals surface area contributed by atoms with Gasteiger partial charge in [-0.05, 0) is 233 Å². The van der Waals surface area contributed by atoms with Crippen LogP contribution in [-0.2, 0) is 84.5 Å². The van der Waals surface area contributed by atoms with E-state index >= 15 is 0 Å². The molecular weight excluding hydrogens is 1670 g/mol. The Hall–Kier alpha value is -6.79. The molecule has 31 nitrogen and oxygen atoms in total. The lowest BCUT2D eigenvalue weighted by Crippen LogP contribution is -2.63. The van der Waals surface area contributed by atoms with E-state index in [0.717, 1.165) is 24.0 Å². The highest BCUT2D eigenvalue weighted by Crippen LogP contribution is 2.45. The van der Waals surface area contributed by atoms with Gasteiger partial charge < -0.3 is 106 Å². The van der Waals surface area contributed by atoms with Crippen LogP contribution in [0.4, 0.5) is 9.59 Å². The molecule has 21 unspecified atom stereocenters. The first-order valence-electron chi connectivity index (χ1n) is 46.9. The minimum absolute atomic E-state index is 0. The second kappa shape index (κ2) is 51.6. The monoisotopic (exact) mass is 1830 g/mol. The zero-order valence-corrected chi connectivity index (χ0v) is 79.7. The Balaban J connectivity index is 0.00000737. The molecule has 2 saturated carbocycles. The highest BCUT2D eigenvalue weighted by atomic mass is 16.6. The number of carbonyl (C=O) groups excluding carboxylic acids is 9. The van der Waals surface area contributed by atoms with E-state index in [2.05, 4.69) is 38.3 Å². The number of fused-ring (bicyclic) bond motifs is 6. The smallest absolute Gasteiger partial charge is 0.407 e. The molecule has 3 amide bonds.